The Morgan fingerprint density at radius 3 is 2.38 bits per heavy atom. The first-order chi connectivity index (χ1) is 15.4. The summed E-state index contributed by atoms with van der Waals surface area (Å²) in [6, 6.07) is 18.3. The molecule has 166 valence electrons. The Balaban J connectivity index is 1.35. The first-order valence-corrected chi connectivity index (χ1v) is 11.8. The number of ether oxygens (including phenoxy) is 2. The number of fused-ring (bicyclic) bond motifs is 1. The highest BCUT2D eigenvalue weighted by Gasteiger charge is 2.19. The van der Waals surface area contributed by atoms with E-state index in [1.54, 1.807) is 36.4 Å². The largest absolute Gasteiger partial charge is 0.486 e. The van der Waals surface area contributed by atoms with Crippen molar-refractivity contribution in [2.75, 3.05) is 23.3 Å². The van der Waals surface area contributed by atoms with Gasteiger partial charge in [0.25, 0.3) is 10.0 Å². The molecule has 0 aromatic heterocycles. The van der Waals surface area contributed by atoms with Crippen molar-refractivity contribution in [3.63, 3.8) is 0 Å². The Kier molecular flexibility index (Phi) is 6.53. The summed E-state index contributed by atoms with van der Waals surface area (Å²) in [5, 5.41) is 3.44. The Morgan fingerprint density at radius 1 is 0.906 bits per heavy atom. The molecule has 3 aromatic rings. The molecular weight excluding hydrogens is 452 g/mol. The fraction of sp³-hybridized carbons (Fsp3) is 0.174. The van der Waals surface area contributed by atoms with Gasteiger partial charge < -0.3 is 14.8 Å². The molecule has 32 heavy (non-hydrogen) atoms. The van der Waals surface area contributed by atoms with Crippen molar-refractivity contribution >= 4 is 38.9 Å². The normalized spacial score (nSPS) is 12.8. The van der Waals surface area contributed by atoms with Crippen LogP contribution in [0.4, 0.5) is 11.4 Å². The molecule has 0 fully saturated rings. The number of benzene rings is 3. The number of aryl methyl sites for hydroxylation is 1. The second-order valence-corrected chi connectivity index (χ2v) is 9.29. The minimum atomic E-state index is -3.81. The van der Waals surface area contributed by atoms with Gasteiger partial charge in [-0.2, -0.15) is 0 Å². The van der Waals surface area contributed by atoms with E-state index in [0.717, 1.165) is 5.56 Å². The summed E-state index contributed by atoms with van der Waals surface area (Å²) in [5.41, 5.74) is 1.93. The molecule has 0 spiro atoms. The molecule has 4 rings (SSSR count). The fourth-order valence-corrected chi connectivity index (χ4v) is 4.49. The van der Waals surface area contributed by atoms with Crippen molar-refractivity contribution in [2.45, 2.75) is 17.7 Å². The Labute approximate surface area is 191 Å². The standard InChI is InChI=1S/C23H21ClN2O5S/c24-17-3-1-2-16(14-17)4-11-23(27)25-18-5-7-19(8-6-18)26-32(28,29)20-9-10-21-22(15-20)31-13-12-30-21/h1-3,5-10,14-15,26H,4,11-13H2,(H,25,27). The number of rotatable bonds is 7. The summed E-state index contributed by atoms with van der Waals surface area (Å²) in [7, 11) is -3.81. The zero-order chi connectivity index (χ0) is 22.6. The van der Waals surface area contributed by atoms with E-state index in [1.165, 1.54) is 12.1 Å². The highest BCUT2D eigenvalue weighted by Crippen LogP contribution is 2.32. The molecule has 7 nitrogen and oxygen atoms in total. The van der Waals surface area contributed by atoms with Crippen LogP contribution in [-0.4, -0.2) is 27.5 Å². The smallest absolute Gasteiger partial charge is 0.262 e. The van der Waals surface area contributed by atoms with Crippen LogP contribution in [0.1, 0.15) is 12.0 Å². The number of amides is 1. The number of anilines is 2. The van der Waals surface area contributed by atoms with E-state index in [4.69, 9.17) is 21.1 Å². The van der Waals surface area contributed by atoms with Crippen molar-refractivity contribution in [1.29, 1.82) is 0 Å². The predicted octanol–water partition coefficient (Wildman–Crippen LogP) is 4.48. The molecule has 3 aromatic carbocycles. The number of hydrogen-bond donors (Lipinski definition) is 2. The second-order valence-electron chi connectivity index (χ2n) is 7.17. The molecule has 0 atom stereocenters. The van der Waals surface area contributed by atoms with Gasteiger partial charge in [0.15, 0.2) is 11.5 Å². The first-order valence-electron chi connectivity index (χ1n) is 9.96. The van der Waals surface area contributed by atoms with Gasteiger partial charge in [0.2, 0.25) is 5.91 Å². The summed E-state index contributed by atoms with van der Waals surface area (Å²) in [6.45, 7) is 0.803. The maximum Gasteiger partial charge on any atom is 0.262 e. The van der Waals surface area contributed by atoms with Crippen molar-refractivity contribution in [1.82, 2.24) is 0 Å². The average molecular weight is 473 g/mol. The molecular formula is C23H21ClN2O5S. The van der Waals surface area contributed by atoms with E-state index >= 15 is 0 Å². The van der Waals surface area contributed by atoms with Gasteiger partial charge in [0.1, 0.15) is 13.2 Å². The second kappa shape index (κ2) is 9.50. The number of carbonyl (C=O) groups excluding carboxylic acids is 1. The van der Waals surface area contributed by atoms with E-state index in [0.29, 0.717) is 54.0 Å². The topological polar surface area (TPSA) is 93.7 Å². The maximum absolute atomic E-state index is 12.7. The number of sulfonamides is 1. The number of carbonyl (C=O) groups is 1. The summed E-state index contributed by atoms with van der Waals surface area (Å²) in [4.78, 5) is 12.3. The van der Waals surface area contributed by atoms with Crippen LogP contribution in [0, 0.1) is 0 Å². The molecule has 0 aliphatic carbocycles. The van der Waals surface area contributed by atoms with Gasteiger partial charge in [-0.3, -0.25) is 9.52 Å². The van der Waals surface area contributed by atoms with Gasteiger partial charge in [-0.15, -0.1) is 0 Å². The van der Waals surface area contributed by atoms with Gasteiger partial charge in [0, 0.05) is 28.9 Å². The highest BCUT2D eigenvalue weighted by molar-refractivity contribution is 7.92. The van der Waals surface area contributed by atoms with Crippen LogP contribution >= 0.6 is 11.6 Å². The lowest BCUT2D eigenvalue weighted by atomic mass is 10.1. The summed E-state index contributed by atoms with van der Waals surface area (Å²) in [6.07, 6.45) is 0.874. The lowest BCUT2D eigenvalue weighted by molar-refractivity contribution is -0.116. The van der Waals surface area contributed by atoms with Gasteiger partial charge in [-0.25, -0.2) is 8.42 Å². The van der Waals surface area contributed by atoms with Crippen LogP contribution in [0.2, 0.25) is 5.02 Å². The molecule has 0 saturated heterocycles. The van der Waals surface area contributed by atoms with E-state index < -0.39 is 10.0 Å². The van der Waals surface area contributed by atoms with Gasteiger partial charge in [-0.05, 0) is 60.5 Å². The Bertz CT molecular complexity index is 1230. The van der Waals surface area contributed by atoms with E-state index in [9.17, 15) is 13.2 Å². The molecule has 1 heterocycles. The third-order valence-corrected chi connectivity index (χ3v) is 6.39. The molecule has 2 N–H and O–H groups in total. The predicted molar refractivity (Wildman–Crippen MR) is 123 cm³/mol. The SMILES string of the molecule is O=C(CCc1cccc(Cl)c1)Nc1ccc(NS(=O)(=O)c2ccc3c(c2)OCCO3)cc1. The van der Waals surface area contributed by atoms with Gasteiger partial charge in [0.05, 0.1) is 4.90 Å². The molecule has 0 saturated carbocycles. The molecule has 0 bridgehead atoms. The van der Waals surface area contributed by atoms with Crippen LogP contribution in [0.25, 0.3) is 0 Å². The van der Waals surface area contributed by atoms with Crippen molar-refractivity contribution in [3.8, 4) is 11.5 Å². The van der Waals surface area contributed by atoms with Crippen LogP contribution in [0.15, 0.2) is 71.6 Å². The summed E-state index contributed by atoms with van der Waals surface area (Å²) >= 11 is 5.96. The number of halogens is 1. The molecule has 1 aliphatic heterocycles. The zero-order valence-corrected chi connectivity index (χ0v) is 18.6. The van der Waals surface area contributed by atoms with E-state index in [2.05, 4.69) is 10.0 Å². The fourth-order valence-electron chi connectivity index (χ4n) is 3.20. The minimum absolute atomic E-state index is 0.0696. The lowest BCUT2D eigenvalue weighted by Crippen LogP contribution is -2.17. The quantitative estimate of drug-likeness (QED) is 0.528. The lowest BCUT2D eigenvalue weighted by Gasteiger charge is -2.19. The highest BCUT2D eigenvalue weighted by atomic mass is 35.5. The molecule has 1 amide bonds. The summed E-state index contributed by atoms with van der Waals surface area (Å²) < 4.78 is 38.8. The number of nitrogens with one attached hydrogen (secondary N) is 2. The summed E-state index contributed by atoms with van der Waals surface area (Å²) in [5.74, 6) is 0.773. The molecule has 0 unspecified atom stereocenters. The molecule has 0 radical (unpaired) electrons. The van der Waals surface area contributed by atoms with Crippen molar-refractivity contribution < 1.29 is 22.7 Å². The average Bonchev–Trinajstić information content (AvgIpc) is 2.78. The molecule has 1 aliphatic rings. The minimum Gasteiger partial charge on any atom is -0.486 e. The van der Waals surface area contributed by atoms with E-state index in [-0.39, 0.29) is 10.8 Å². The van der Waals surface area contributed by atoms with Gasteiger partial charge in [-0.1, -0.05) is 23.7 Å². The monoisotopic (exact) mass is 472 g/mol. The third-order valence-electron chi connectivity index (χ3n) is 4.77. The van der Waals surface area contributed by atoms with Crippen LogP contribution in [-0.2, 0) is 21.2 Å². The Hall–Kier alpha value is -3.23. The zero-order valence-electron chi connectivity index (χ0n) is 17.0. The molecule has 9 heteroatoms. The van der Waals surface area contributed by atoms with Gasteiger partial charge >= 0.3 is 0 Å². The van der Waals surface area contributed by atoms with Crippen LogP contribution in [0.3, 0.4) is 0 Å². The first kappa shape index (κ1) is 22.0. The Morgan fingerprint density at radius 2 is 1.62 bits per heavy atom. The van der Waals surface area contributed by atoms with E-state index in [1.807, 2.05) is 18.2 Å². The van der Waals surface area contributed by atoms with Crippen molar-refractivity contribution in [3.05, 3.63) is 77.3 Å². The third kappa shape index (κ3) is 5.52. The van der Waals surface area contributed by atoms with Crippen molar-refractivity contribution in [2.24, 2.45) is 0 Å². The maximum atomic E-state index is 12.7. The number of hydrogen-bond acceptors (Lipinski definition) is 5. The van der Waals surface area contributed by atoms with Crippen LogP contribution in [0.5, 0.6) is 11.5 Å². The van der Waals surface area contributed by atoms with Crippen LogP contribution < -0.4 is 19.5 Å².